The van der Waals surface area contributed by atoms with E-state index in [1.165, 1.54) is 12.3 Å². The third kappa shape index (κ3) is 2.82. The second-order valence-electron chi connectivity index (χ2n) is 5.15. The maximum Gasteiger partial charge on any atom is 0.270 e. The van der Waals surface area contributed by atoms with Gasteiger partial charge in [0, 0.05) is 18.8 Å². The zero-order valence-corrected chi connectivity index (χ0v) is 11.9. The van der Waals surface area contributed by atoms with Gasteiger partial charge in [0.15, 0.2) is 0 Å². The molecule has 1 aromatic heterocycles. The van der Waals surface area contributed by atoms with Crippen molar-refractivity contribution in [1.82, 2.24) is 9.88 Å². The van der Waals surface area contributed by atoms with Crippen LogP contribution in [-0.4, -0.2) is 36.8 Å². The van der Waals surface area contributed by atoms with Crippen molar-refractivity contribution < 1.29 is 13.2 Å². The van der Waals surface area contributed by atoms with Crippen molar-refractivity contribution in [3.8, 4) is 0 Å². The first-order valence-corrected chi connectivity index (χ1v) is 7.87. The van der Waals surface area contributed by atoms with Gasteiger partial charge in [0.2, 0.25) is 10.0 Å². The lowest BCUT2D eigenvalue weighted by molar-refractivity contribution is 0.0545. The van der Waals surface area contributed by atoms with E-state index >= 15 is 0 Å². The largest absolute Gasteiger partial charge is 0.356 e. The van der Waals surface area contributed by atoms with Crippen molar-refractivity contribution >= 4 is 15.9 Å². The average molecular weight is 285 g/mol. The Bertz CT molecular complexity index is 579. The molecule has 19 heavy (non-hydrogen) atoms. The summed E-state index contributed by atoms with van der Waals surface area (Å²) in [6.45, 7) is 4.84. The molecule has 0 aliphatic carbocycles. The van der Waals surface area contributed by atoms with Crippen LogP contribution in [0, 0.1) is 5.92 Å². The number of sulfonamides is 1. The number of hydrogen-bond acceptors (Lipinski definition) is 3. The quantitative estimate of drug-likeness (QED) is 0.845. The number of piperidine rings is 1. The molecule has 2 rings (SSSR count). The standard InChI is InChI=1S/C12H19N3O3S/c1-8-4-3-5-15(9(8)2)12(16)11-6-10(7-14-11)19(13,17)18/h6-9,14H,3-5H2,1-2H3,(H2,13,17,18). The van der Waals surface area contributed by atoms with Crippen molar-refractivity contribution in [3.05, 3.63) is 18.0 Å². The number of amides is 1. The fraction of sp³-hybridized carbons (Fsp3) is 0.583. The molecule has 1 aromatic rings. The summed E-state index contributed by atoms with van der Waals surface area (Å²) >= 11 is 0. The minimum Gasteiger partial charge on any atom is -0.356 e. The maximum atomic E-state index is 12.4. The van der Waals surface area contributed by atoms with E-state index in [1.54, 1.807) is 4.90 Å². The van der Waals surface area contributed by atoms with Crippen molar-refractivity contribution in [3.63, 3.8) is 0 Å². The highest BCUT2D eigenvalue weighted by atomic mass is 32.2. The van der Waals surface area contributed by atoms with Crippen LogP contribution in [0.5, 0.6) is 0 Å². The van der Waals surface area contributed by atoms with Crippen LogP contribution in [0.4, 0.5) is 0 Å². The fourth-order valence-corrected chi connectivity index (χ4v) is 2.94. The molecule has 2 atom stereocenters. The second-order valence-corrected chi connectivity index (χ2v) is 6.71. The first-order valence-electron chi connectivity index (χ1n) is 6.33. The molecule has 1 saturated heterocycles. The van der Waals surface area contributed by atoms with Gasteiger partial charge in [0.05, 0.1) is 4.90 Å². The van der Waals surface area contributed by atoms with Crippen molar-refractivity contribution in [2.75, 3.05) is 6.54 Å². The number of carbonyl (C=O) groups excluding carboxylic acids is 1. The molecule has 0 radical (unpaired) electrons. The van der Waals surface area contributed by atoms with Gasteiger partial charge in [-0.05, 0) is 31.7 Å². The minimum absolute atomic E-state index is 0.0615. The number of nitrogens with two attached hydrogens (primary N) is 1. The minimum atomic E-state index is -3.77. The van der Waals surface area contributed by atoms with Gasteiger partial charge in [0.1, 0.15) is 5.69 Å². The van der Waals surface area contributed by atoms with E-state index in [4.69, 9.17) is 5.14 Å². The Labute approximate surface area is 113 Å². The van der Waals surface area contributed by atoms with Crippen molar-refractivity contribution in [1.29, 1.82) is 0 Å². The average Bonchev–Trinajstić information content (AvgIpc) is 2.81. The number of hydrogen-bond donors (Lipinski definition) is 2. The maximum absolute atomic E-state index is 12.4. The summed E-state index contributed by atoms with van der Waals surface area (Å²) in [5.41, 5.74) is 0.268. The van der Waals surface area contributed by atoms with Crippen LogP contribution in [0.2, 0.25) is 0 Å². The van der Waals surface area contributed by atoms with Gasteiger partial charge in [0.25, 0.3) is 5.91 Å². The molecule has 1 fully saturated rings. The summed E-state index contributed by atoms with van der Waals surface area (Å²) in [6, 6.07) is 1.45. The van der Waals surface area contributed by atoms with E-state index in [0.29, 0.717) is 12.5 Å². The normalized spacial score (nSPS) is 24.5. The molecule has 0 bridgehead atoms. The molecule has 1 amide bonds. The van der Waals surface area contributed by atoms with Gasteiger partial charge in [-0.3, -0.25) is 4.79 Å². The van der Waals surface area contributed by atoms with Crippen molar-refractivity contribution in [2.24, 2.45) is 11.1 Å². The molecule has 2 unspecified atom stereocenters. The third-order valence-corrected chi connectivity index (χ3v) is 4.74. The highest BCUT2D eigenvalue weighted by Gasteiger charge is 2.30. The lowest BCUT2D eigenvalue weighted by atomic mass is 9.92. The molecular formula is C12H19N3O3S. The van der Waals surface area contributed by atoms with Gasteiger partial charge in [-0.2, -0.15) is 0 Å². The Morgan fingerprint density at radius 1 is 1.47 bits per heavy atom. The molecule has 2 heterocycles. The second kappa shape index (κ2) is 4.97. The Kier molecular flexibility index (Phi) is 3.69. The number of H-pyrrole nitrogens is 1. The monoisotopic (exact) mass is 285 g/mol. The molecule has 1 aliphatic heterocycles. The third-order valence-electron chi connectivity index (χ3n) is 3.85. The SMILES string of the molecule is CC1CCCN(C(=O)c2cc(S(N)(=O)=O)c[nH]2)C1C. The summed E-state index contributed by atoms with van der Waals surface area (Å²) < 4.78 is 22.4. The number of primary sulfonamides is 1. The summed E-state index contributed by atoms with van der Waals surface area (Å²) in [6.07, 6.45) is 3.33. The van der Waals surface area contributed by atoms with Crippen LogP contribution in [-0.2, 0) is 10.0 Å². The molecule has 6 nitrogen and oxygen atoms in total. The summed E-state index contributed by atoms with van der Waals surface area (Å²) in [5, 5.41) is 5.03. The molecule has 0 saturated carbocycles. The zero-order valence-electron chi connectivity index (χ0n) is 11.1. The Morgan fingerprint density at radius 2 is 2.16 bits per heavy atom. The Morgan fingerprint density at radius 3 is 2.74 bits per heavy atom. The molecule has 106 valence electrons. The molecule has 3 N–H and O–H groups in total. The van der Waals surface area contributed by atoms with Crippen LogP contribution < -0.4 is 5.14 Å². The molecule has 1 aliphatic rings. The Balaban J connectivity index is 2.22. The van der Waals surface area contributed by atoms with Gasteiger partial charge >= 0.3 is 0 Å². The smallest absolute Gasteiger partial charge is 0.270 e. The van der Waals surface area contributed by atoms with Gasteiger partial charge in [-0.1, -0.05) is 6.92 Å². The number of carbonyl (C=O) groups is 1. The Hall–Kier alpha value is -1.34. The van der Waals surface area contributed by atoms with Crippen molar-refractivity contribution in [2.45, 2.75) is 37.6 Å². The van der Waals surface area contributed by atoms with E-state index in [2.05, 4.69) is 11.9 Å². The number of aromatic nitrogens is 1. The highest BCUT2D eigenvalue weighted by Crippen LogP contribution is 2.24. The van der Waals surface area contributed by atoms with E-state index < -0.39 is 10.0 Å². The number of nitrogens with zero attached hydrogens (tertiary/aromatic N) is 1. The summed E-state index contributed by atoms with van der Waals surface area (Å²) in [5.74, 6) is 0.277. The van der Waals surface area contributed by atoms with Gasteiger partial charge in [-0.25, -0.2) is 13.6 Å². The molecule has 7 heteroatoms. The molecule has 0 aromatic carbocycles. The molecule has 0 spiro atoms. The predicted molar refractivity (Wildman–Crippen MR) is 71.1 cm³/mol. The van der Waals surface area contributed by atoms with Gasteiger partial charge < -0.3 is 9.88 Å². The van der Waals surface area contributed by atoms with Gasteiger partial charge in [-0.15, -0.1) is 0 Å². The molecular weight excluding hydrogens is 266 g/mol. The summed E-state index contributed by atoms with van der Waals surface area (Å²) in [4.78, 5) is 16.8. The lowest BCUT2D eigenvalue weighted by Crippen LogP contribution is -2.46. The van der Waals surface area contributed by atoms with Crippen LogP contribution in [0.25, 0.3) is 0 Å². The highest BCUT2D eigenvalue weighted by molar-refractivity contribution is 7.89. The first kappa shape index (κ1) is 14.1. The first-order chi connectivity index (χ1) is 8.80. The number of likely N-dealkylation sites (tertiary alicyclic amines) is 1. The number of nitrogens with one attached hydrogen (secondary N) is 1. The van der Waals surface area contributed by atoms with E-state index in [1.807, 2.05) is 6.92 Å². The summed E-state index contributed by atoms with van der Waals surface area (Å²) in [7, 11) is -3.77. The van der Waals surface area contributed by atoms with E-state index in [9.17, 15) is 13.2 Å². The van der Waals surface area contributed by atoms with Crippen LogP contribution in [0.15, 0.2) is 17.2 Å². The number of aromatic amines is 1. The lowest BCUT2D eigenvalue weighted by Gasteiger charge is -2.37. The zero-order chi connectivity index (χ0) is 14.2. The van der Waals surface area contributed by atoms with Crippen LogP contribution in [0.3, 0.4) is 0 Å². The predicted octanol–water partition coefficient (Wildman–Crippen LogP) is 0.923. The topological polar surface area (TPSA) is 96.3 Å². The van der Waals surface area contributed by atoms with Crippen LogP contribution in [0.1, 0.15) is 37.2 Å². The number of rotatable bonds is 2. The van der Waals surface area contributed by atoms with Crippen LogP contribution >= 0.6 is 0 Å². The van der Waals surface area contributed by atoms with E-state index in [-0.39, 0.29) is 22.5 Å². The van der Waals surface area contributed by atoms with E-state index in [0.717, 1.165) is 12.8 Å². The fourth-order valence-electron chi connectivity index (χ4n) is 2.44.